The van der Waals surface area contributed by atoms with E-state index < -0.39 is 10.0 Å². The molecule has 7 heteroatoms. The molecule has 6 nitrogen and oxygen atoms in total. The van der Waals surface area contributed by atoms with Gasteiger partial charge in [-0.15, -0.1) is 0 Å². The van der Waals surface area contributed by atoms with Crippen LogP contribution in [-0.2, 0) is 22.2 Å². The second kappa shape index (κ2) is 5.75. The fourth-order valence-electron chi connectivity index (χ4n) is 1.75. The van der Waals surface area contributed by atoms with Gasteiger partial charge in [0.15, 0.2) is 5.82 Å². The van der Waals surface area contributed by atoms with E-state index in [0.717, 1.165) is 12.1 Å². The molecular formula is C13H14N4O2S. The number of rotatable bonds is 5. The molecule has 20 heavy (non-hydrogen) atoms. The monoisotopic (exact) mass is 290 g/mol. The third kappa shape index (κ3) is 3.36. The first-order valence-corrected chi connectivity index (χ1v) is 7.72. The van der Waals surface area contributed by atoms with Gasteiger partial charge in [0.2, 0.25) is 10.0 Å². The number of H-pyrrole nitrogens is 1. The molecule has 2 N–H and O–H groups in total. The molecular weight excluding hydrogens is 276 g/mol. The molecule has 0 amide bonds. The lowest BCUT2D eigenvalue weighted by molar-refractivity contribution is 0.600. The number of aryl methyl sites for hydroxylation is 1. The first kappa shape index (κ1) is 14.1. The van der Waals surface area contributed by atoms with Crippen LogP contribution in [0.1, 0.15) is 23.7 Å². The van der Waals surface area contributed by atoms with Crippen LogP contribution >= 0.6 is 0 Å². The van der Waals surface area contributed by atoms with Gasteiger partial charge in [-0.25, -0.2) is 8.42 Å². The van der Waals surface area contributed by atoms with E-state index in [2.05, 4.69) is 14.9 Å². The molecule has 0 bridgehead atoms. The molecule has 0 saturated carbocycles. The molecule has 1 aromatic carbocycles. The van der Waals surface area contributed by atoms with Crippen molar-refractivity contribution >= 4 is 15.8 Å². The highest BCUT2D eigenvalue weighted by molar-refractivity contribution is 7.91. The number of aromatic nitrogens is 2. The smallest absolute Gasteiger partial charge is 0.238 e. The van der Waals surface area contributed by atoms with Crippen LogP contribution in [-0.4, -0.2) is 18.6 Å². The Morgan fingerprint density at radius 3 is 2.80 bits per heavy atom. The van der Waals surface area contributed by atoms with Gasteiger partial charge < -0.3 is 0 Å². The van der Waals surface area contributed by atoms with Crippen LogP contribution in [0, 0.1) is 11.3 Å². The van der Waals surface area contributed by atoms with E-state index >= 15 is 0 Å². The van der Waals surface area contributed by atoms with E-state index in [1.54, 1.807) is 30.3 Å². The highest BCUT2D eigenvalue weighted by Gasteiger charge is 2.15. The standard InChI is InChI=1S/C13H14N4O2S/c1-2-12-7-13(16-15-12)17-20(18,19)9-11-6-4-3-5-10(11)8-14/h3-7H,2,9H2,1H3,(H2,15,16,17). The fraction of sp³-hybridized carbons (Fsp3) is 0.231. The van der Waals surface area contributed by atoms with Gasteiger partial charge in [0, 0.05) is 11.8 Å². The lowest BCUT2D eigenvalue weighted by Gasteiger charge is -2.06. The quantitative estimate of drug-likeness (QED) is 0.876. The maximum absolute atomic E-state index is 12.1. The molecule has 0 saturated heterocycles. The Morgan fingerprint density at radius 2 is 2.15 bits per heavy atom. The van der Waals surface area contributed by atoms with Crippen molar-refractivity contribution in [3.05, 3.63) is 47.2 Å². The third-order valence-corrected chi connectivity index (χ3v) is 3.97. The zero-order valence-corrected chi connectivity index (χ0v) is 11.7. The van der Waals surface area contributed by atoms with E-state index in [4.69, 9.17) is 5.26 Å². The molecule has 2 rings (SSSR count). The summed E-state index contributed by atoms with van der Waals surface area (Å²) in [5, 5.41) is 15.6. The van der Waals surface area contributed by atoms with Crippen molar-refractivity contribution in [2.45, 2.75) is 19.1 Å². The lowest BCUT2D eigenvalue weighted by Crippen LogP contribution is -2.16. The van der Waals surface area contributed by atoms with Crippen LogP contribution in [0.5, 0.6) is 0 Å². The minimum absolute atomic E-state index is 0.259. The molecule has 0 atom stereocenters. The van der Waals surface area contributed by atoms with Crippen LogP contribution in [0.4, 0.5) is 5.82 Å². The van der Waals surface area contributed by atoms with Crippen molar-refractivity contribution in [1.82, 2.24) is 10.2 Å². The minimum Gasteiger partial charge on any atom is -0.280 e. The average Bonchev–Trinajstić information content (AvgIpc) is 2.85. The SMILES string of the molecule is CCc1cc(NS(=O)(=O)Cc2ccccc2C#N)n[nH]1. The van der Waals surface area contributed by atoms with Crippen molar-refractivity contribution in [2.24, 2.45) is 0 Å². The average molecular weight is 290 g/mol. The van der Waals surface area contributed by atoms with Crippen LogP contribution in [0.25, 0.3) is 0 Å². The highest BCUT2D eigenvalue weighted by Crippen LogP contribution is 2.14. The molecule has 0 spiro atoms. The number of nitrogens with zero attached hydrogens (tertiary/aromatic N) is 2. The minimum atomic E-state index is -3.60. The van der Waals surface area contributed by atoms with E-state index in [9.17, 15) is 8.42 Å². The van der Waals surface area contributed by atoms with Gasteiger partial charge >= 0.3 is 0 Å². The predicted molar refractivity (Wildman–Crippen MR) is 75.4 cm³/mol. The predicted octanol–water partition coefficient (Wildman–Crippen LogP) is 1.79. The third-order valence-electron chi connectivity index (χ3n) is 2.76. The normalized spacial score (nSPS) is 11.0. The number of hydrogen-bond acceptors (Lipinski definition) is 4. The summed E-state index contributed by atoms with van der Waals surface area (Å²) in [7, 11) is -3.60. The van der Waals surface area contributed by atoms with Crippen molar-refractivity contribution in [2.75, 3.05) is 4.72 Å². The van der Waals surface area contributed by atoms with Crippen molar-refractivity contribution in [3.63, 3.8) is 0 Å². The molecule has 0 radical (unpaired) electrons. The van der Waals surface area contributed by atoms with Crippen LogP contribution in [0.2, 0.25) is 0 Å². The molecule has 0 fully saturated rings. The maximum atomic E-state index is 12.1. The first-order valence-electron chi connectivity index (χ1n) is 6.07. The van der Waals surface area contributed by atoms with Gasteiger partial charge in [0.25, 0.3) is 0 Å². The Bertz CT molecular complexity index is 744. The summed E-state index contributed by atoms with van der Waals surface area (Å²) < 4.78 is 26.5. The topological polar surface area (TPSA) is 98.6 Å². The lowest BCUT2D eigenvalue weighted by atomic mass is 10.1. The van der Waals surface area contributed by atoms with E-state index in [0.29, 0.717) is 11.1 Å². The van der Waals surface area contributed by atoms with Gasteiger partial charge in [-0.3, -0.25) is 9.82 Å². The molecule has 104 valence electrons. The second-order valence-electron chi connectivity index (χ2n) is 4.26. The van der Waals surface area contributed by atoms with Gasteiger partial charge in [0.1, 0.15) is 0 Å². The summed E-state index contributed by atoms with van der Waals surface area (Å²) in [6, 6.07) is 10.2. The second-order valence-corrected chi connectivity index (χ2v) is 5.98. The van der Waals surface area contributed by atoms with Crippen molar-refractivity contribution < 1.29 is 8.42 Å². The maximum Gasteiger partial charge on any atom is 0.238 e. The van der Waals surface area contributed by atoms with Gasteiger partial charge in [-0.05, 0) is 18.1 Å². The van der Waals surface area contributed by atoms with E-state index in [1.165, 1.54) is 0 Å². The van der Waals surface area contributed by atoms with Gasteiger partial charge in [-0.2, -0.15) is 10.4 Å². The van der Waals surface area contributed by atoms with Crippen molar-refractivity contribution in [1.29, 1.82) is 5.26 Å². The summed E-state index contributed by atoms with van der Waals surface area (Å²) in [6.45, 7) is 1.94. The van der Waals surface area contributed by atoms with Crippen LogP contribution in [0.3, 0.4) is 0 Å². The number of aromatic amines is 1. The van der Waals surface area contributed by atoms with Gasteiger partial charge in [-0.1, -0.05) is 25.1 Å². The van der Waals surface area contributed by atoms with Crippen molar-refractivity contribution in [3.8, 4) is 6.07 Å². The zero-order valence-electron chi connectivity index (χ0n) is 10.9. The van der Waals surface area contributed by atoms with Gasteiger partial charge in [0.05, 0.1) is 17.4 Å². The molecule has 0 aliphatic heterocycles. The molecule has 0 unspecified atom stereocenters. The summed E-state index contributed by atoms with van der Waals surface area (Å²) in [6.07, 6.45) is 0.742. The Labute approximate surface area is 117 Å². The number of nitrogens with one attached hydrogen (secondary N) is 2. The number of sulfonamides is 1. The summed E-state index contributed by atoms with van der Waals surface area (Å²) >= 11 is 0. The molecule has 0 aliphatic carbocycles. The summed E-state index contributed by atoms with van der Waals surface area (Å²) in [5.74, 6) is 0.00158. The number of benzene rings is 1. The number of anilines is 1. The number of nitriles is 1. The molecule has 1 aromatic heterocycles. The summed E-state index contributed by atoms with van der Waals surface area (Å²) in [4.78, 5) is 0. The Balaban J connectivity index is 2.17. The fourth-order valence-corrected chi connectivity index (χ4v) is 2.91. The first-order chi connectivity index (χ1) is 9.54. The van der Waals surface area contributed by atoms with E-state index in [-0.39, 0.29) is 11.6 Å². The molecule has 2 aromatic rings. The Morgan fingerprint density at radius 1 is 1.40 bits per heavy atom. The largest absolute Gasteiger partial charge is 0.280 e. The Hall–Kier alpha value is -2.33. The summed E-state index contributed by atoms with van der Waals surface area (Å²) in [5.41, 5.74) is 1.67. The zero-order chi connectivity index (χ0) is 14.6. The van der Waals surface area contributed by atoms with Crippen LogP contribution in [0.15, 0.2) is 30.3 Å². The molecule has 1 heterocycles. The highest BCUT2D eigenvalue weighted by atomic mass is 32.2. The molecule has 0 aliphatic rings. The number of hydrogen-bond donors (Lipinski definition) is 2. The van der Waals surface area contributed by atoms with E-state index in [1.807, 2.05) is 13.0 Å². The van der Waals surface area contributed by atoms with Crippen LogP contribution < -0.4 is 4.72 Å². The Kier molecular flexibility index (Phi) is 4.05.